The van der Waals surface area contributed by atoms with Crippen molar-refractivity contribution >= 4 is 16.0 Å². The van der Waals surface area contributed by atoms with Crippen molar-refractivity contribution in [2.45, 2.75) is 44.3 Å². The van der Waals surface area contributed by atoms with E-state index in [0.717, 1.165) is 23.4 Å². The van der Waals surface area contributed by atoms with Crippen molar-refractivity contribution in [2.75, 3.05) is 47.4 Å². The van der Waals surface area contributed by atoms with Crippen LogP contribution in [0.3, 0.4) is 0 Å². The van der Waals surface area contributed by atoms with Gasteiger partial charge in [-0.3, -0.25) is 4.79 Å². The van der Waals surface area contributed by atoms with E-state index in [0.29, 0.717) is 32.5 Å². The Bertz CT molecular complexity index is 1140. The minimum atomic E-state index is -3.80. The number of ether oxygens (including phenoxy) is 2. The van der Waals surface area contributed by atoms with Gasteiger partial charge >= 0.3 is 5.97 Å². The molecule has 1 aliphatic rings. The number of nitrogens with zero attached hydrogens (tertiary/aromatic N) is 2. The average molecular weight is 503 g/mol. The minimum absolute atomic E-state index is 0.274. The number of carbonyl (C=O) groups excluding carboxylic acids is 1. The standard InChI is InChI=1S/C27H38N2O5S/c1-20-18-22(10-11-25(20)23-8-7-9-24(19-23)34-17-16-28(4)5)21-12-14-29(15-13-21)35(31,32)27(2,3)26(30)33-6/h7-11,18-19,21H,12-17H2,1-6H3. The van der Waals surface area contributed by atoms with E-state index in [1.807, 2.05) is 26.2 Å². The topological polar surface area (TPSA) is 76.2 Å². The first-order valence-electron chi connectivity index (χ1n) is 12.0. The molecule has 0 aromatic heterocycles. The van der Waals surface area contributed by atoms with Gasteiger partial charge in [0.25, 0.3) is 0 Å². The van der Waals surface area contributed by atoms with E-state index in [-0.39, 0.29) is 5.92 Å². The molecule has 0 radical (unpaired) electrons. The summed E-state index contributed by atoms with van der Waals surface area (Å²) < 4.78 is 36.5. The molecule has 1 heterocycles. The third-order valence-corrected chi connectivity index (χ3v) is 9.29. The maximum Gasteiger partial charge on any atom is 0.328 e. The van der Waals surface area contributed by atoms with Gasteiger partial charge in [-0.2, -0.15) is 0 Å². The van der Waals surface area contributed by atoms with Crippen LogP contribution in [0.15, 0.2) is 42.5 Å². The Morgan fingerprint density at radius 1 is 1.11 bits per heavy atom. The molecule has 0 unspecified atom stereocenters. The number of rotatable bonds is 9. The number of sulfonamides is 1. The average Bonchev–Trinajstić information content (AvgIpc) is 2.83. The van der Waals surface area contributed by atoms with Crippen molar-refractivity contribution < 1.29 is 22.7 Å². The molecule has 192 valence electrons. The fraction of sp³-hybridized carbons (Fsp3) is 0.519. The van der Waals surface area contributed by atoms with Crippen molar-refractivity contribution in [1.29, 1.82) is 0 Å². The molecule has 1 saturated heterocycles. The van der Waals surface area contributed by atoms with Crippen molar-refractivity contribution in [3.8, 4) is 16.9 Å². The summed E-state index contributed by atoms with van der Waals surface area (Å²) in [6, 6.07) is 14.7. The van der Waals surface area contributed by atoms with Crippen LogP contribution in [0.25, 0.3) is 11.1 Å². The number of hydrogen-bond acceptors (Lipinski definition) is 6. The highest BCUT2D eigenvalue weighted by Gasteiger charge is 2.47. The molecular weight excluding hydrogens is 464 g/mol. The van der Waals surface area contributed by atoms with Crippen LogP contribution in [-0.2, 0) is 19.6 Å². The Labute approximate surface area is 210 Å². The van der Waals surface area contributed by atoms with E-state index in [1.54, 1.807) is 0 Å². The zero-order chi connectivity index (χ0) is 25.8. The zero-order valence-corrected chi connectivity index (χ0v) is 22.5. The number of aryl methyl sites for hydroxylation is 1. The van der Waals surface area contributed by atoms with Crippen LogP contribution in [-0.4, -0.2) is 75.8 Å². The monoisotopic (exact) mass is 502 g/mol. The van der Waals surface area contributed by atoms with Gasteiger partial charge in [-0.15, -0.1) is 0 Å². The van der Waals surface area contributed by atoms with Gasteiger partial charge in [0.15, 0.2) is 4.75 Å². The number of hydrogen-bond donors (Lipinski definition) is 0. The molecule has 35 heavy (non-hydrogen) atoms. The van der Waals surface area contributed by atoms with E-state index in [2.05, 4.69) is 42.2 Å². The minimum Gasteiger partial charge on any atom is -0.492 e. The van der Waals surface area contributed by atoms with E-state index >= 15 is 0 Å². The smallest absolute Gasteiger partial charge is 0.328 e. The van der Waals surface area contributed by atoms with Gasteiger partial charge < -0.3 is 14.4 Å². The lowest BCUT2D eigenvalue weighted by atomic mass is 9.87. The Morgan fingerprint density at radius 2 is 1.80 bits per heavy atom. The Morgan fingerprint density at radius 3 is 2.40 bits per heavy atom. The molecule has 0 bridgehead atoms. The van der Waals surface area contributed by atoms with Crippen LogP contribution in [0.5, 0.6) is 5.75 Å². The van der Waals surface area contributed by atoms with Crippen LogP contribution in [0, 0.1) is 6.92 Å². The van der Waals surface area contributed by atoms with Crippen LogP contribution in [0.2, 0.25) is 0 Å². The number of esters is 1. The summed E-state index contributed by atoms with van der Waals surface area (Å²) >= 11 is 0. The van der Waals surface area contributed by atoms with Crippen molar-refractivity contribution in [1.82, 2.24) is 9.21 Å². The molecule has 0 spiro atoms. The van der Waals surface area contributed by atoms with Crippen molar-refractivity contribution in [2.24, 2.45) is 0 Å². The van der Waals surface area contributed by atoms with Gasteiger partial charge in [-0.1, -0.05) is 30.3 Å². The molecule has 2 aromatic carbocycles. The van der Waals surface area contributed by atoms with Crippen molar-refractivity contribution in [3.05, 3.63) is 53.6 Å². The largest absolute Gasteiger partial charge is 0.492 e. The van der Waals surface area contributed by atoms with Crippen LogP contribution < -0.4 is 4.74 Å². The van der Waals surface area contributed by atoms with E-state index < -0.39 is 20.7 Å². The molecule has 2 aromatic rings. The predicted octanol–water partition coefficient (Wildman–Crippen LogP) is 4.06. The van der Waals surface area contributed by atoms with E-state index in [4.69, 9.17) is 9.47 Å². The summed E-state index contributed by atoms with van der Waals surface area (Å²) in [5.41, 5.74) is 4.66. The second-order valence-corrected chi connectivity index (χ2v) is 12.4. The molecule has 3 rings (SSSR count). The second kappa shape index (κ2) is 11.1. The number of benzene rings is 2. The summed E-state index contributed by atoms with van der Waals surface area (Å²) in [6.07, 6.45) is 1.43. The highest BCUT2D eigenvalue weighted by molar-refractivity contribution is 7.91. The lowest BCUT2D eigenvalue weighted by molar-refractivity contribution is -0.142. The highest BCUT2D eigenvalue weighted by atomic mass is 32.2. The normalized spacial score (nSPS) is 15.9. The fourth-order valence-corrected chi connectivity index (χ4v) is 6.10. The van der Waals surface area contributed by atoms with Gasteiger partial charge in [0.1, 0.15) is 12.4 Å². The summed E-state index contributed by atoms with van der Waals surface area (Å²) in [5.74, 6) is 0.394. The number of piperidine rings is 1. The third-order valence-electron chi connectivity index (χ3n) is 6.79. The fourth-order valence-electron chi connectivity index (χ4n) is 4.47. The predicted molar refractivity (Wildman–Crippen MR) is 139 cm³/mol. The zero-order valence-electron chi connectivity index (χ0n) is 21.7. The molecule has 0 saturated carbocycles. The second-order valence-electron chi connectivity index (χ2n) is 9.93. The Balaban J connectivity index is 1.69. The maximum absolute atomic E-state index is 13.0. The first-order chi connectivity index (χ1) is 16.5. The van der Waals surface area contributed by atoms with Crippen LogP contribution in [0.1, 0.15) is 43.7 Å². The van der Waals surface area contributed by atoms with Crippen LogP contribution >= 0.6 is 0 Å². The van der Waals surface area contributed by atoms with E-state index in [1.165, 1.54) is 36.4 Å². The van der Waals surface area contributed by atoms with Crippen LogP contribution in [0.4, 0.5) is 0 Å². The number of likely N-dealkylation sites (N-methyl/N-ethyl adjacent to an activating group) is 1. The van der Waals surface area contributed by atoms with Gasteiger partial charge in [0.05, 0.1) is 7.11 Å². The molecule has 7 nitrogen and oxygen atoms in total. The highest BCUT2D eigenvalue weighted by Crippen LogP contribution is 2.35. The summed E-state index contributed by atoms with van der Waals surface area (Å²) in [4.78, 5) is 14.1. The van der Waals surface area contributed by atoms with Gasteiger partial charge in [-0.05, 0) is 88.0 Å². The molecule has 0 atom stereocenters. The number of methoxy groups -OCH3 is 1. The van der Waals surface area contributed by atoms with Crippen molar-refractivity contribution in [3.63, 3.8) is 0 Å². The molecule has 1 fully saturated rings. The first-order valence-corrected chi connectivity index (χ1v) is 13.5. The van der Waals surface area contributed by atoms with Gasteiger partial charge in [0.2, 0.25) is 10.0 Å². The van der Waals surface area contributed by atoms with E-state index in [9.17, 15) is 13.2 Å². The van der Waals surface area contributed by atoms with Gasteiger partial charge in [0, 0.05) is 19.6 Å². The Kier molecular flexibility index (Phi) is 8.62. The lowest BCUT2D eigenvalue weighted by Gasteiger charge is -2.35. The quantitative estimate of drug-likeness (QED) is 0.482. The number of carbonyl (C=O) groups is 1. The summed E-state index contributed by atoms with van der Waals surface area (Å²) in [7, 11) is 1.46. The maximum atomic E-state index is 13.0. The summed E-state index contributed by atoms with van der Waals surface area (Å²) in [5, 5.41) is 0. The molecule has 0 aliphatic carbocycles. The molecule has 8 heteroatoms. The molecule has 0 amide bonds. The molecular formula is C27H38N2O5S. The molecule has 1 aliphatic heterocycles. The molecule has 0 N–H and O–H groups in total. The summed E-state index contributed by atoms with van der Waals surface area (Å²) in [6.45, 7) is 7.20. The third kappa shape index (κ3) is 6.05. The lowest BCUT2D eigenvalue weighted by Crippen LogP contribution is -2.52. The SMILES string of the molecule is COC(=O)C(C)(C)S(=O)(=O)N1CCC(c2ccc(-c3cccc(OCCN(C)C)c3)c(C)c2)CC1. The first kappa shape index (κ1) is 27.2. The Hall–Kier alpha value is -2.42. The van der Waals surface area contributed by atoms with Gasteiger partial charge in [-0.25, -0.2) is 12.7 Å².